The van der Waals surface area contributed by atoms with Crippen molar-refractivity contribution in [3.8, 4) is 0 Å². The lowest BCUT2D eigenvalue weighted by molar-refractivity contribution is -0.136. The average Bonchev–Trinajstić information content (AvgIpc) is 2.32. The lowest BCUT2D eigenvalue weighted by atomic mass is 10.2. The third-order valence-electron chi connectivity index (χ3n) is 1.73. The molecule has 60 valence electrons. The van der Waals surface area contributed by atoms with E-state index in [2.05, 4.69) is 20.7 Å². The number of hydrogen-bond donors (Lipinski definition) is 0. The van der Waals surface area contributed by atoms with Crippen molar-refractivity contribution in [2.75, 3.05) is 7.11 Å². The lowest BCUT2D eigenvalue weighted by Crippen LogP contribution is -2.03. The minimum atomic E-state index is -0.229. The molecule has 0 aromatic rings. The molecular weight excluding hydrogens is 208 g/mol. The molecule has 0 aromatic carbocycles. The molecule has 0 saturated heterocycles. The average molecular weight is 217 g/mol. The third kappa shape index (κ3) is 1.53. The molecule has 1 aliphatic rings. The van der Waals surface area contributed by atoms with Gasteiger partial charge in [0, 0.05) is 10.1 Å². The van der Waals surface area contributed by atoms with Crippen LogP contribution in [0.15, 0.2) is 21.7 Å². The van der Waals surface area contributed by atoms with Crippen LogP contribution in [0.4, 0.5) is 0 Å². The predicted octanol–water partition coefficient (Wildman–Crippen LogP) is 2.16. The van der Waals surface area contributed by atoms with Gasteiger partial charge in [0.15, 0.2) is 0 Å². The maximum absolute atomic E-state index is 11.0. The Hall–Kier alpha value is -0.570. The minimum Gasteiger partial charge on any atom is -0.466 e. The van der Waals surface area contributed by atoms with Gasteiger partial charge in [0.25, 0.3) is 0 Å². The second kappa shape index (κ2) is 3.22. The fourth-order valence-corrected chi connectivity index (χ4v) is 1.40. The van der Waals surface area contributed by atoms with E-state index in [1.807, 2.05) is 13.0 Å². The highest BCUT2D eigenvalue weighted by molar-refractivity contribution is 9.12. The number of carbonyl (C=O) groups excluding carboxylic acids is 1. The van der Waals surface area contributed by atoms with Crippen LogP contribution in [0.2, 0.25) is 0 Å². The van der Waals surface area contributed by atoms with E-state index in [9.17, 15) is 4.79 Å². The first kappa shape index (κ1) is 8.53. The molecule has 0 bridgehead atoms. The summed E-state index contributed by atoms with van der Waals surface area (Å²) in [6, 6.07) is 0. The van der Waals surface area contributed by atoms with Gasteiger partial charge in [-0.3, -0.25) is 0 Å². The van der Waals surface area contributed by atoms with Gasteiger partial charge >= 0.3 is 5.97 Å². The first-order valence-corrected chi connectivity index (χ1v) is 4.10. The Labute approximate surface area is 74.1 Å². The Morgan fingerprint density at radius 3 is 2.73 bits per heavy atom. The van der Waals surface area contributed by atoms with Gasteiger partial charge < -0.3 is 4.74 Å². The van der Waals surface area contributed by atoms with Gasteiger partial charge in [0.05, 0.1) is 7.11 Å². The summed E-state index contributed by atoms with van der Waals surface area (Å²) >= 11 is 3.34. The maximum atomic E-state index is 11.0. The largest absolute Gasteiger partial charge is 0.466 e. The predicted molar refractivity (Wildman–Crippen MR) is 46.3 cm³/mol. The van der Waals surface area contributed by atoms with Crippen LogP contribution in [-0.2, 0) is 9.53 Å². The van der Waals surface area contributed by atoms with Gasteiger partial charge in [-0.2, -0.15) is 0 Å². The number of esters is 1. The topological polar surface area (TPSA) is 26.3 Å². The zero-order chi connectivity index (χ0) is 8.43. The highest BCUT2D eigenvalue weighted by atomic mass is 79.9. The Morgan fingerprint density at radius 2 is 2.36 bits per heavy atom. The summed E-state index contributed by atoms with van der Waals surface area (Å²) in [6.07, 6.45) is 2.64. The molecule has 1 rings (SSSR count). The molecular formula is C8H9BrO2. The van der Waals surface area contributed by atoms with Crippen molar-refractivity contribution in [1.29, 1.82) is 0 Å². The zero-order valence-electron chi connectivity index (χ0n) is 6.48. The summed E-state index contributed by atoms with van der Waals surface area (Å²) in [5.74, 6) is -0.229. The van der Waals surface area contributed by atoms with E-state index in [1.165, 1.54) is 7.11 Å². The van der Waals surface area contributed by atoms with Crippen LogP contribution in [0.3, 0.4) is 0 Å². The molecule has 0 fully saturated rings. The Balaban J connectivity index is 2.86. The van der Waals surface area contributed by atoms with Crippen LogP contribution < -0.4 is 0 Å². The van der Waals surface area contributed by atoms with Crippen LogP contribution in [0.5, 0.6) is 0 Å². The smallest absolute Gasteiger partial charge is 0.334 e. The van der Waals surface area contributed by atoms with Crippen molar-refractivity contribution in [3.63, 3.8) is 0 Å². The highest BCUT2D eigenvalue weighted by Gasteiger charge is 2.18. The van der Waals surface area contributed by atoms with Crippen LogP contribution in [0, 0.1) is 0 Å². The molecule has 0 unspecified atom stereocenters. The van der Waals surface area contributed by atoms with Gasteiger partial charge in [-0.15, -0.1) is 0 Å². The van der Waals surface area contributed by atoms with E-state index >= 15 is 0 Å². The molecule has 3 heteroatoms. The van der Waals surface area contributed by atoms with Gasteiger partial charge in [-0.1, -0.05) is 22.0 Å². The summed E-state index contributed by atoms with van der Waals surface area (Å²) in [6.45, 7) is 1.90. The Kier molecular flexibility index (Phi) is 2.49. The molecule has 0 amide bonds. The van der Waals surface area contributed by atoms with Gasteiger partial charge in [-0.05, 0) is 18.9 Å². The molecule has 0 N–H and O–H groups in total. The number of methoxy groups -OCH3 is 1. The Bertz CT molecular complexity index is 251. The number of hydrogen-bond acceptors (Lipinski definition) is 2. The molecule has 0 saturated carbocycles. The monoisotopic (exact) mass is 216 g/mol. The summed E-state index contributed by atoms with van der Waals surface area (Å²) in [5.41, 5.74) is 1.73. The van der Waals surface area contributed by atoms with E-state index in [0.29, 0.717) is 6.42 Å². The normalized spacial score (nSPS) is 16.8. The van der Waals surface area contributed by atoms with Gasteiger partial charge in [0.1, 0.15) is 0 Å². The van der Waals surface area contributed by atoms with Crippen molar-refractivity contribution >= 4 is 21.9 Å². The number of halogens is 1. The van der Waals surface area contributed by atoms with E-state index < -0.39 is 0 Å². The first-order valence-electron chi connectivity index (χ1n) is 3.31. The summed E-state index contributed by atoms with van der Waals surface area (Å²) in [4.78, 5) is 11.0. The van der Waals surface area contributed by atoms with Gasteiger partial charge in [0.2, 0.25) is 0 Å². The zero-order valence-corrected chi connectivity index (χ0v) is 8.06. The SMILES string of the molecule is COC(=O)C1=C(C)C(Br)=CC1. The molecule has 0 spiro atoms. The van der Waals surface area contributed by atoms with Crippen molar-refractivity contribution in [3.05, 3.63) is 21.7 Å². The molecule has 0 aliphatic heterocycles. The highest BCUT2D eigenvalue weighted by Crippen LogP contribution is 2.30. The number of rotatable bonds is 1. The summed E-state index contributed by atoms with van der Waals surface area (Å²) < 4.78 is 5.60. The van der Waals surface area contributed by atoms with Crippen molar-refractivity contribution < 1.29 is 9.53 Å². The molecule has 11 heavy (non-hydrogen) atoms. The summed E-state index contributed by atoms with van der Waals surface area (Å²) in [5, 5.41) is 0. The minimum absolute atomic E-state index is 0.229. The van der Waals surface area contributed by atoms with Crippen molar-refractivity contribution in [2.24, 2.45) is 0 Å². The van der Waals surface area contributed by atoms with Crippen LogP contribution in [0.25, 0.3) is 0 Å². The lowest BCUT2D eigenvalue weighted by Gasteiger charge is -2.00. The molecule has 0 radical (unpaired) electrons. The van der Waals surface area contributed by atoms with E-state index in [-0.39, 0.29) is 5.97 Å². The first-order chi connectivity index (χ1) is 5.16. The van der Waals surface area contributed by atoms with Crippen molar-refractivity contribution in [2.45, 2.75) is 13.3 Å². The molecule has 0 aromatic heterocycles. The maximum Gasteiger partial charge on any atom is 0.334 e. The number of carbonyl (C=O) groups is 1. The second-order valence-corrected chi connectivity index (χ2v) is 3.21. The van der Waals surface area contributed by atoms with Crippen LogP contribution in [-0.4, -0.2) is 13.1 Å². The summed E-state index contributed by atoms with van der Waals surface area (Å²) in [7, 11) is 1.40. The molecule has 1 aliphatic carbocycles. The number of allylic oxidation sites excluding steroid dienone is 3. The molecule has 0 atom stereocenters. The number of ether oxygens (including phenoxy) is 1. The molecule has 2 nitrogen and oxygen atoms in total. The fraction of sp³-hybridized carbons (Fsp3) is 0.375. The Morgan fingerprint density at radius 1 is 1.73 bits per heavy atom. The van der Waals surface area contributed by atoms with Crippen LogP contribution >= 0.6 is 15.9 Å². The third-order valence-corrected chi connectivity index (χ3v) is 2.65. The van der Waals surface area contributed by atoms with E-state index in [1.54, 1.807) is 0 Å². The van der Waals surface area contributed by atoms with E-state index in [0.717, 1.165) is 15.6 Å². The van der Waals surface area contributed by atoms with Gasteiger partial charge in [-0.25, -0.2) is 4.79 Å². The molecule has 0 heterocycles. The standard InChI is InChI=1S/C8H9BrO2/c1-5-6(8(10)11-2)3-4-7(5)9/h4H,3H2,1-2H3. The van der Waals surface area contributed by atoms with E-state index in [4.69, 9.17) is 0 Å². The van der Waals surface area contributed by atoms with Crippen molar-refractivity contribution in [1.82, 2.24) is 0 Å². The second-order valence-electron chi connectivity index (χ2n) is 2.35. The van der Waals surface area contributed by atoms with Crippen LogP contribution in [0.1, 0.15) is 13.3 Å². The quantitative estimate of drug-likeness (QED) is 0.629. The fourth-order valence-electron chi connectivity index (χ4n) is 1.00.